The first-order chi connectivity index (χ1) is 9.06. The Bertz CT molecular complexity index is 462. The minimum absolute atomic E-state index is 0.196. The number of hydrogen-bond acceptors (Lipinski definition) is 2. The Balaban J connectivity index is 1.77. The molecule has 2 aliphatic rings. The van der Waals surface area contributed by atoms with Gasteiger partial charge in [-0.3, -0.25) is 0 Å². The Kier molecular flexibility index (Phi) is 3.18. The lowest BCUT2D eigenvalue weighted by atomic mass is 9.71. The molecule has 0 bridgehead atoms. The largest absolute Gasteiger partial charge is 0.396 e. The molecule has 0 saturated heterocycles. The molecule has 0 radical (unpaired) electrons. The fourth-order valence-electron chi connectivity index (χ4n) is 3.33. The average Bonchev–Trinajstić information content (AvgIpc) is 3.19. The Morgan fingerprint density at radius 2 is 1.95 bits per heavy atom. The molecule has 0 amide bonds. The molecule has 2 heteroatoms. The summed E-state index contributed by atoms with van der Waals surface area (Å²) in [6.07, 6.45) is 4.78. The first kappa shape index (κ1) is 13.1. The van der Waals surface area contributed by atoms with Gasteiger partial charge < -0.3 is 10.4 Å². The predicted molar refractivity (Wildman–Crippen MR) is 78.2 cm³/mol. The monoisotopic (exact) mass is 259 g/mol. The summed E-state index contributed by atoms with van der Waals surface area (Å²) >= 11 is 0. The molecule has 2 N–H and O–H groups in total. The van der Waals surface area contributed by atoms with Gasteiger partial charge in [-0.1, -0.05) is 38.1 Å². The number of aliphatic hydroxyl groups excluding tert-OH is 1. The summed E-state index contributed by atoms with van der Waals surface area (Å²) in [4.78, 5) is 0. The van der Waals surface area contributed by atoms with Crippen LogP contribution >= 0.6 is 0 Å². The Morgan fingerprint density at radius 3 is 2.63 bits per heavy atom. The Hall–Kier alpha value is -0.860. The molecule has 19 heavy (non-hydrogen) atoms. The van der Waals surface area contributed by atoms with Crippen molar-refractivity contribution in [1.82, 2.24) is 5.32 Å². The zero-order valence-corrected chi connectivity index (χ0v) is 12.1. The molecule has 1 atom stereocenters. The minimum atomic E-state index is 0.196. The predicted octanol–water partition coefficient (Wildman–Crippen LogP) is 3.16. The first-order valence-electron chi connectivity index (χ1n) is 7.50. The average molecular weight is 259 g/mol. The van der Waals surface area contributed by atoms with Crippen molar-refractivity contribution < 1.29 is 5.11 Å². The smallest absolute Gasteiger partial charge is 0.0499 e. The molecular weight excluding hydrogens is 234 g/mol. The minimum Gasteiger partial charge on any atom is -0.396 e. The zero-order chi connectivity index (χ0) is 13.5. The first-order valence-corrected chi connectivity index (χ1v) is 7.50. The van der Waals surface area contributed by atoms with E-state index in [1.165, 1.54) is 36.8 Å². The Morgan fingerprint density at radius 1 is 1.21 bits per heavy atom. The third kappa shape index (κ3) is 2.44. The van der Waals surface area contributed by atoms with Gasteiger partial charge in [-0.15, -0.1) is 0 Å². The van der Waals surface area contributed by atoms with Crippen LogP contribution in [-0.4, -0.2) is 18.3 Å². The van der Waals surface area contributed by atoms with Crippen LogP contribution < -0.4 is 5.32 Å². The van der Waals surface area contributed by atoms with Gasteiger partial charge in [-0.05, 0) is 42.2 Å². The zero-order valence-electron chi connectivity index (χ0n) is 12.1. The molecule has 1 saturated carbocycles. The molecule has 3 rings (SSSR count). The second-order valence-electron chi connectivity index (χ2n) is 7.10. The van der Waals surface area contributed by atoms with Crippen LogP contribution in [0.3, 0.4) is 0 Å². The van der Waals surface area contributed by atoms with Crippen molar-refractivity contribution in [1.29, 1.82) is 0 Å². The number of benzene rings is 1. The summed E-state index contributed by atoms with van der Waals surface area (Å²) < 4.78 is 0. The van der Waals surface area contributed by atoms with Crippen molar-refractivity contribution in [3.63, 3.8) is 0 Å². The molecular formula is C17H25NO. The summed E-state index contributed by atoms with van der Waals surface area (Å²) in [6.45, 7) is 5.99. The second kappa shape index (κ2) is 4.60. The quantitative estimate of drug-likeness (QED) is 0.870. The van der Waals surface area contributed by atoms with Gasteiger partial charge in [0.2, 0.25) is 0 Å². The molecule has 0 aliphatic heterocycles. The van der Waals surface area contributed by atoms with Crippen molar-refractivity contribution in [2.75, 3.05) is 13.2 Å². The SMILES string of the molecule is CC1(C)CCC(NCC2(CO)CC2)c2ccccc21. The van der Waals surface area contributed by atoms with Crippen LogP contribution in [0.15, 0.2) is 24.3 Å². The van der Waals surface area contributed by atoms with Crippen LogP contribution in [0, 0.1) is 5.41 Å². The van der Waals surface area contributed by atoms with E-state index in [4.69, 9.17) is 0 Å². The molecule has 1 aromatic rings. The van der Waals surface area contributed by atoms with Crippen molar-refractivity contribution >= 4 is 0 Å². The molecule has 1 fully saturated rings. The molecule has 1 unspecified atom stereocenters. The third-order valence-electron chi connectivity index (χ3n) is 5.14. The van der Waals surface area contributed by atoms with E-state index in [9.17, 15) is 5.11 Å². The fourth-order valence-corrected chi connectivity index (χ4v) is 3.33. The molecule has 104 valence electrons. The summed E-state index contributed by atoms with van der Waals surface area (Å²) in [6, 6.07) is 9.31. The molecule has 0 heterocycles. The highest BCUT2D eigenvalue weighted by atomic mass is 16.3. The lowest BCUT2D eigenvalue weighted by Gasteiger charge is -2.38. The van der Waals surface area contributed by atoms with E-state index in [2.05, 4.69) is 43.4 Å². The second-order valence-corrected chi connectivity index (χ2v) is 7.10. The van der Waals surface area contributed by atoms with Crippen LogP contribution in [0.5, 0.6) is 0 Å². The van der Waals surface area contributed by atoms with Gasteiger partial charge in [0.15, 0.2) is 0 Å². The van der Waals surface area contributed by atoms with Crippen molar-refractivity contribution in [2.45, 2.75) is 51.0 Å². The summed E-state index contributed by atoms with van der Waals surface area (Å²) in [5.41, 5.74) is 3.45. The van der Waals surface area contributed by atoms with Gasteiger partial charge in [-0.2, -0.15) is 0 Å². The molecule has 2 aliphatic carbocycles. The van der Waals surface area contributed by atoms with Gasteiger partial charge >= 0.3 is 0 Å². The highest BCUT2D eigenvalue weighted by Gasteiger charge is 2.42. The maximum atomic E-state index is 9.42. The van der Waals surface area contributed by atoms with E-state index in [0.717, 1.165) is 6.54 Å². The molecule has 0 spiro atoms. The summed E-state index contributed by atoms with van der Waals surface area (Å²) in [7, 11) is 0. The van der Waals surface area contributed by atoms with Crippen molar-refractivity contribution in [2.24, 2.45) is 5.41 Å². The van der Waals surface area contributed by atoms with Gasteiger partial charge in [0.1, 0.15) is 0 Å². The maximum Gasteiger partial charge on any atom is 0.0499 e. The third-order valence-corrected chi connectivity index (χ3v) is 5.14. The van der Waals surface area contributed by atoms with Gasteiger partial charge in [0.25, 0.3) is 0 Å². The van der Waals surface area contributed by atoms with Gasteiger partial charge in [-0.25, -0.2) is 0 Å². The normalized spacial score (nSPS) is 26.8. The number of hydrogen-bond donors (Lipinski definition) is 2. The van der Waals surface area contributed by atoms with E-state index in [-0.39, 0.29) is 5.41 Å². The van der Waals surface area contributed by atoms with E-state index >= 15 is 0 Å². The standard InChI is InChI=1S/C17H25NO/c1-16(2)8-7-15(13-5-3-4-6-14(13)16)18-11-17(12-19)9-10-17/h3-6,15,18-19H,7-12H2,1-2H3. The fraction of sp³-hybridized carbons (Fsp3) is 0.647. The highest BCUT2D eigenvalue weighted by Crippen LogP contribution is 2.46. The van der Waals surface area contributed by atoms with Crippen LogP contribution in [0.4, 0.5) is 0 Å². The van der Waals surface area contributed by atoms with Gasteiger partial charge in [0, 0.05) is 24.6 Å². The van der Waals surface area contributed by atoms with Crippen LogP contribution in [0.2, 0.25) is 0 Å². The van der Waals surface area contributed by atoms with Crippen molar-refractivity contribution in [3.05, 3.63) is 35.4 Å². The lowest BCUT2D eigenvalue weighted by Crippen LogP contribution is -2.36. The molecule has 1 aromatic carbocycles. The Labute approximate surface area is 116 Å². The van der Waals surface area contributed by atoms with E-state index < -0.39 is 0 Å². The summed E-state index contributed by atoms with van der Waals surface area (Å²) in [5.74, 6) is 0. The molecule has 2 nitrogen and oxygen atoms in total. The van der Waals surface area contributed by atoms with E-state index in [0.29, 0.717) is 18.1 Å². The molecule has 0 aromatic heterocycles. The van der Waals surface area contributed by atoms with Gasteiger partial charge in [0.05, 0.1) is 0 Å². The number of nitrogens with one attached hydrogen (secondary N) is 1. The number of fused-ring (bicyclic) bond motifs is 1. The maximum absolute atomic E-state index is 9.42. The van der Waals surface area contributed by atoms with E-state index in [1.807, 2.05) is 0 Å². The number of rotatable bonds is 4. The number of aliphatic hydroxyl groups is 1. The van der Waals surface area contributed by atoms with Crippen LogP contribution in [0.1, 0.15) is 56.7 Å². The van der Waals surface area contributed by atoms with E-state index in [1.54, 1.807) is 0 Å². The summed E-state index contributed by atoms with van der Waals surface area (Å²) in [5, 5.41) is 13.1. The van der Waals surface area contributed by atoms with Crippen LogP contribution in [-0.2, 0) is 5.41 Å². The lowest BCUT2D eigenvalue weighted by molar-refractivity contribution is 0.200. The van der Waals surface area contributed by atoms with Crippen molar-refractivity contribution in [3.8, 4) is 0 Å². The van der Waals surface area contributed by atoms with Crippen LogP contribution in [0.25, 0.3) is 0 Å². The highest BCUT2D eigenvalue weighted by molar-refractivity contribution is 5.38. The topological polar surface area (TPSA) is 32.3 Å².